The zero-order chi connectivity index (χ0) is 19.4. The lowest BCUT2D eigenvalue weighted by atomic mass is 10.1. The van der Waals surface area contributed by atoms with Crippen LogP contribution < -0.4 is 10.6 Å². The van der Waals surface area contributed by atoms with Crippen molar-refractivity contribution in [3.63, 3.8) is 0 Å². The number of nitrogens with zero attached hydrogens (tertiary/aromatic N) is 1. The van der Waals surface area contributed by atoms with Crippen molar-refractivity contribution in [2.24, 2.45) is 5.92 Å². The number of likely N-dealkylation sites (tertiary alicyclic amines) is 1. The van der Waals surface area contributed by atoms with Gasteiger partial charge in [0.2, 0.25) is 11.8 Å². The third-order valence-corrected chi connectivity index (χ3v) is 4.14. The lowest BCUT2D eigenvalue weighted by molar-refractivity contribution is -0.129. The Morgan fingerprint density at radius 2 is 1.81 bits per heavy atom. The molecule has 1 atom stereocenters. The summed E-state index contributed by atoms with van der Waals surface area (Å²) in [6.45, 7) is 4.10. The molecule has 3 amide bonds. The Kier molecular flexibility index (Phi) is 6.23. The van der Waals surface area contributed by atoms with Crippen molar-refractivity contribution in [2.45, 2.75) is 26.3 Å². The maximum Gasteiger partial charge on any atom is 0.254 e. The Morgan fingerprint density at radius 1 is 1.15 bits per heavy atom. The molecule has 6 nitrogen and oxygen atoms in total. The molecule has 2 N–H and O–H groups in total. The van der Waals surface area contributed by atoms with Crippen LogP contribution in [-0.2, 0) is 9.59 Å². The summed E-state index contributed by atoms with van der Waals surface area (Å²) in [6.07, 6.45) is 0.135. The fraction of sp³-hybridized carbons (Fsp3) is 0.471. The lowest BCUT2D eigenvalue weighted by Gasteiger charge is -2.20. The van der Waals surface area contributed by atoms with E-state index in [9.17, 15) is 27.6 Å². The molecule has 1 unspecified atom stereocenters. The maximum atomic E-state index is 13.5. The smallest absolute Gasteiger partial charge is 0.254 e. The predicted octanol–water partition coefficient (Wildman–Crippen LogP) is 1.21. The fourth-order valence-corrected chi connectivity index (χ4v) is 2.71. The van der Waals surface area contributed by atoms with Crippen LogP contribution in [0.3, 0.4) is 0 Å². The Morgan fingerprint density at radius 3 is 2.42 bits per heavy atom. The van der Waals surface area contributed by atoms with Crippen molar-refractivity contribution >= 4 is 17.7 Å². The summed E-state index contributed by atoms with van der Waals surface area (Å²) in [5.41, 5.74) is -0.621. The number of rotatable bonds is 6. The average molecular weight is 371 g/mol. The number of carbonyl (C=O) groups excluding carboxylic acids is 3. The van der Waals surface area contributed by atoms with Crippen LogP contribution in [0.2, 0.25) is 0 Å². The predicted molar refractivity (Wildman–Crippen MR) is 86.6 cm³/mol. The van der Waals surface area contributed by atoms with Crippen molar-refractivity contribution < 1.29 is 27.6 Å². The largest absolute Gasteiger partial charge is 0.354 e. The Labute approximate surface area is 148 Å². The van der Waals surface area contributed by atoms with Crippen molar-refractivity contribution in [3.05, 3.63) is 35.1 Å². The van der Waals surface area contributed by atoms with Gasteiger partial charge in [0.15, 0.2) is 17.5 Å². The quantitative estimate of drug-likeness (QED) is 0.583. The van der Waals surface area contributed by atoms with Crippen LogP contribution in [0.5, 0.6) is 0 Å². The van der Waals surface area contributed by atoms with Gasteiger partial charge in [-0.05, 0) is 26.0 Å². The van der Waals surface area contributed by atoms with E-state index < -0.39 is 34.8 Å². The highest BCUT2D eigenvalue weighted by atomic mass is 19.2. The molecular weight excluding hydrogens is 351 g/mol. The van der Waals surface area contributed by atoms with Crippen molar-refractivity contribution in [3.8, 4) is 0 Å². The van der Waals surface area contributed by atoms with Gasteiger partial charge in [0.1, 0.15) is 0 Å². The highest BCUT2D eigenvalue weighted by molar-refractivity contribution is 5.94. The number of nitrogens with one attached hydrogen (secondary N) is 2. The molecule has 9 heteroatoms. The minimum absolute atomic E-state index is 0.0191. The summed E-state index contributed by atoms with van der Waals surface area (Å²) in [4.78, 5) is 37.3. The summed E-state index contributed by atoms with van der Waals surface area (Å²) in [6, 6.07) is 1.52. The van der Waals surface area contributed by atoms with E-state index in [1.807, 2.05) is 13.8 Å². The van der Waals surface area contributed by atoms with Gasteiger partial charge in [-0.25, -0.2) is 13.2 Å². The first kappa shape index (κ1) is 19.7. The molecule has 1 aliphatic rings. The number of hydrogen-bond donors (Lipinski definition) is 2. The summed E-state index contributed by atoms with van der Waals surface area (Å²) >= 11 is 0. The monoisotopic (exact) mass is 371 g/mol. The Hall–Kier alpha value is -2.58. The van der Waals surface area contributed by atoms with Crippen molar-refractivity contribution in [1.82, 2.24) is 15.5 Å². The van der Waals surface area contributed by atoms with E-state index in [-0.39, 0.29) is 37.4 Å². The highest BCUT2D eigenvalue weighted by Crippen LogP contribution is 2.20. The number of hydrogen-bond acceptors (Lipinski definition) is 3. The van der Waals surface area contributed by atoms with Gasteiger partial charge < -0.3 is 15.5 Å². The molecule has 1 aromatic carbocycles. The molecule has 0 aliphatic carbocycles. The van der Waals surface area contributed by atoms with E-state index >= 15 is 0 Å². The number of benzene rings is 1. The first-order chi connectivity index (χ1) is 12.2. The summed E-state index contributed by atoms with van der Waals surface area (Å²) in [5, 5.41) is 4.89. The first-order valence-electron chi connectivity index (χ1n) is 8.21. The highest BCUT2D eigenvalue weighted by Gasteiger charge is 2.35. The van der Waals surface area contributed by atoms with Crippen LogP contribution in [0.25, 0.3) is 0 Å². The average Bonchev–Trinajstić information content (AvgIpc) is 2.98. The number of halogens is 3. The second-order valence-electron chi connectivity index (χ2n) is 6.31. The normalized spacial score (nSPS) is 16.9. The summed E-state index contributed by atoms with van der Waals surface area (Å²) in [7, 11) is 0. The molecule has 26 heavy (non-hydrogen) atoms. The fourth-order valence-electron chi connectivity index (χ4n) is 2.71. The Bertz CT molecular complexity index is 725. The molecule has 142 valence electrons. The molecule has 2 rings (SSSR count). The third-order valence-electron chi connectivity index (χ3n) is 4.14. The molecule has 1 aliphatic heterocycles. The van der Waals surface area contributed by atoms with E-state index in [1.165, 1.54) is 0 Å². The van der Waals surface area contributed by atoms with Gasteiger partial charge in [-0.2, -0.15) is 0 Å². The van der Waals surface area contributed by atoms with Crippen LogP contribution >= 0.6 is 0 Å². The van der Waals surface area contributed by atoms with E-state index in [0.29, 0.717) is 12.6 Å². The van der Waals surface area contributed by atoms with E-state index in [2.05, 4.69) is 10.6 Å². The van der Waals surface area contributed by atoms with Gasteiger partial charge >= 0.3 is 0 Å². The molecule has 0 spiro atoms. The molecule has 0 saturated carbocycles. The standard InChI is InChI=1S/C17H20F3N3O3/c1-9(2)23-8-10(7-13(23)24)16(25)21-5-6-22-17(26)11-3-4-12(18)15(20)14(11)19/h3-4,9-10H,5-8H2,1-2H3,(H,21,25)(H,22,26). The number of amides is 3. The molecule has 1 fully saturated rings. The van der Waals surface area contributed by atoms with Crippen LogP contribution in [-0.4, -0.2) is 48.3 Å². The van der Waals surface area contributed by atoms with Gasteiger partial charge in [0, 0.05) is 32.1 Å². The van der Waals surface area contributed by atoms with Crippen molar-refractivity contribution in [2.75, 3.05) is 19.6 Å². The topological polar surface area (TPSA) is 78.5 Å². The van der Waals surface area contributed by atoms with Crippen LogP contribution in [0.4, 0.5) is 13.2 Å². The summed E-state index contributed by atoms with van der Waals surface area (Å²) in [5.74, 6) is -6.43. The van der Waals surface area contributed by atoms with Gasteiger partial charge in [-0.3, -0.25) is 14.4 Å². The first-order valence-corrected chi connectivity index (χ1v) is 8.21. The van der Waals surface area contributed by atoms with Gasteiger partial charge in [-0.1, -0.05) is 0 Å². The minimum atomic E-state index is -1.72. The molecule has 1 aromatic rings. The molecule has 0 radical (unpaired) electrons. The van der Waals surface area contributed by atoms with Gasteiger partial charge in [0.05, 0.1) is 11.5 Å². The van der Waals surface area contributed by atoms with Crippen LogP contribution in [0, 0.1) is 23.4 Å². The minimum Gasteiger partial charge on any atom is -0.354 e. The SMILES string of the molecule is CC(C)N1CC(C(=O)NCCNC(=O)c2ccc(F)c(F)c2F)CC1=O. The third kappa shape index (κ3) is 4.33. The summed E-state index contributed by atoms with van der Waals surface area (Å²) < 4.78 is 39.5. The second kappa shape index (κ2) is 8.20. The van der Waals surface area contributed by atoms with Crippen LogP contribution in [0.1, 0.15) is 30.6 Å². The Balaban J connectivity index is 1.79. The van der Waals surface area contributed by atoms with Crippen LogP contribution in [0.15, 0.2) is 12.1 Å². The van der Waals surface area contributed by atoms with Gasteiger partial charge in [-0.15, -0.1) is 0 Å². The molecule has 0 aromatic heterocycles. The molecule has 0 bridgehead atoms. The van der Waals surface area contributed by atoms with E-state index in [4.69, 9.17) is 0 Å². The maximum absolute atomic E-state index is 13.5. The van der Waals surface area contributed by atoms with Gasteiger partial charge in [0.25, 0.3) is 5.91 Å². The zero-order valence-electron chi connectivity index (χ0n) is 14.4. The van der Waals surface area contributed by atoms with E-state index in [1.54, 1.807) is 4.90 Å². The molecule has 1 saturated heterocycles. The lowest BCUT2D eigenvalue weighted by Crippen LogP contribution is -2.39. The van der Waals surface area contributed by atoms with E-state index in [0.717, 1.165) is 6.07 Å². The molecular formula is C17H20F3N3O3. The number of carbonyl (C=O) groups is 3. The van der Waals surface area contributed by atoms with Crippen molar-refractivity contribution in [1.29, 1.82) is 0 Å². The molecule has 1 heterocycles. The zero-order valence-corrected chi connectivity index (χ0v) is 14.4. The second-order valence-corrected chi connectivity index (χ2v) is 6.31.